The van der Waals surface area contributed by atoms with E-state index in [1.807, 2.05) is 50.4 Å². The van der Waals surface area contributed by atoms with Crippen LogP contribution in [0.4, 0.5) is 5.95 Å². The predicted octanol–water partition coefficient (Wildman–Crippen LogP) is 2.36. The number of methoxy groups -OCH3 is 2. The van der Waals surface area contributed by atoms with E-state index in [2.05, 4.69) is 14.9 Å². The highest BCUT2D eigenvalue weighted by atomic mass is 16.5. The lowest BCUT2D eigenvalue weighted by Gasteiger charge is -2.15. The zero-order chi connectivity index (χ0) is 21.0. The molecule has 0 unspecified atom stereocenters. The normalized spacial score (nSPS) is 10.9. The van der Waals surface area contributed by atoms with Crippen LogP contribution in [0, 0.1) is 0 Å². The molecule has 0 radical (unpaired) electrons. The maximum absolute atomic E-state index is 12.0. The second kappa shape index (κ2) is 8.91. The Bertz CT molecular complexity index is 1010. The molecule has 1 aromatic carbocycles. The summed E-state index contributed by atoms with van der Waals surface area (Å²) >= 11 is 0. The number of fused-ring (bicyclic) bond motifs is 1. The number of nitrogens with one attached hydrogen (secondary N) is 1. The third-order valence-electron chi connectivity index (χ3n) is 4.71. The van der Waals surface area contributed by atoms with Crippen molar-refractivity contribution in [2.45, 2.75) is 13.0 Å². The van der Waals surface area contributed by atoms with Gasteiger partial charge < -0.3 is 24.3 Å². The first kappa shape index (κ1) is 20.6. The summed E-state index contributed by atoms with van der Waals surface area (Å²) in [6, 6.07) is 5.97. The average molecular weight is 397 g/mol. The van der Waals surface area contributed by atoms with E-state index >= 15 is 0 Å². The Morgan fingerprint density at radius 3 is 2.76 bits per heavy atom. The smallest absolute Gasteiger partial charge is 0.225 e. The number of carbonyl (C=O) groups is 1. The molecule has 0 aliphatic carbocycles. The van der Waals surface area contributed by atoms with E-state index in [0.717, 1.165) is 33.5 Å². The number of hydrogen-bond acceptors (Lipinski definition) is 6. The van der Waals surface area contributed by atoms with Gasteiger partial charge in [-0.2, -0.15) is 0 Å². The fourth-order valence-corrected chi connectivity index (χ4v) is 3.14. The Hall–Kier alpha value is -3.13. The zero-order valence-electron chi connectivity index (χ0n) is 17.5. The molecule has 3 rings (SSSR count). The summed E-state index contributed by atoms with van der Waals surface area (Å²) in [6.45, 7) is 0.726. The van der Waals surface area contributed by atoms with Gasteiger partial charge in [-0.05, 0) is 18.2 Å². The summed E-state index contributed by atoms with van der Waals surface area (Å²) in [5.74, 6) is 1.31. The first-order chi connectivity index (χ1) is 13.9. The molecular weight excluding hydrogens is 370 g/mol. The van der Waals surface area contributed by atoms with Crippen LogP contribution >= 0.6 is 0 Å². The van der Waals surface area contributed by atoms with Crippen LogP contribution in [0.15, 0.2) is 30.6 Å². The van der Waals surface area contributed by atoms with Crippen molar-refractivity contribution in [3.63, 3.8) is 0 Å². The molecule has 2 heterocycles. The van der Waals surface area contributed by atoms with E-state index in [9.17, 15) is 4.79 Å². The van der Waals surface area contributed by atoms with Crippen molar-refractivity contribution in [1.29, 1.82) is 0 Å². The van der Waals surface area contributed by atoms with Gasteiger partial charge in [0.15, 0.2) is 0 Å². The van der Waals surface area contributed by atoms with Gasteiger partial charge >= 0.3 is 0 Å². The van der Waals surface area contributed by atoms with Gasteiger partial charge in [0.25, 0.3) is 0 Å². The standard InChI is InChI=1S/C21H27N5O3/c1-25(2)21-23-12-14(11-22-19(27)8-9-28-4)20(24-21)17-13-26(3)18-7-6-15(29-5)10-16(17)18/h6-7,10,12-13H,8-9,11H2,1-5H3,(H,22,27). The minimum atomic E-state index is -0.0749. The van der Waals surface area contributed by atoms with Gasteiger partial charge in [-0.15, -0.1) is 0 Å². The van der Waals surface area contributed by atoms with Crippen molar-refractivity contribution in [2.75, 3.05) is 39.8 Å². The van der Waals surface area contributed by atoms with Crippen LogP contribution in [0.1, 0.15) is 12.0 Å². The number of ether oxygens (including phenoxy) is 2. The summed E-state index contributed by atoms with van der Waals surface area (Å²) in [5, 5.41) is 3.96. The Morgan fingerprint density at radius 2 is 2.07 bits per heavy atom. The van der Waals surface area contributed by atoms with E-state index in [4.69, 9.17) is 14.5 Å². The van der Waals surface area contributed by atoms with Gasteiger partial charge in [0, 0.05) is 75.6 Å². The van der Waals surface area contributed by atoms with Crippen LogP contribution in [0.5, 0.6) is 5.75 Å². The number of carbonyl (C=O) groups excluding carboxylic acids is 1. The highest BCUT2D eigenvalue weighted by molar-refractivity contribution is 5.96. The molecule has 0 saturated heterocycles. The molecule has 29 heavy (non-hydrogen) atoms. The highest BCUT2D eigenvalue weighted by Crippen LogP contribution is 2.34. The van der Waals surface area contributed by atoms with E-state index in [1.54, 1.807) is 20.4 Å². The van der Waals surface area contributed by atoms with Crippen LogP contribution in [-0.2, 0) is 23.1 Å². The van der Waals surface area contributed by atoms with Gasteiger partial charge in [-0.1, -0.05) is 0 Å². The number of anilines is 1. The molecule has 0 spiro atoms. The SMILES string of the molecule is COCCC(=O)NCc1cnc(N(C)C)nc1-c1cn(C)c2ccc(OC)cc12. The van der Waals surface area contributed by atoms with Crippen LogP contribution in [0.25, 0.3) is 22.2 Å². The number of aryl methyl sites for hydroxylation is 1. The minimum absolute atomic E-state index is 0.0749. The molecule has 0 fully saturated rings. The maximum Gasteiger partial charge on any atom is 0.225 e. The molecule has 0 atom stereocenters. The highest BCUT2D eigenvalue weighted by Gasteiger charge is 2.17. The lowest BCUT2D eigenvalue weighted by molar-refractivity contribution is -0.122. The van der Waals surface area contributed by atoms with E-state index in [1.165, 1.54) is 0 Å². The molecule has 2 aromatic heterocycles. The van der Waals surface area contributed by atoms with Crippen molar-refractivity contribution in [3.05, 3.63) is 36.2 Å². The Labute approximate surface area is 170 Å². The van der Waals surface area contributed by atoms with Crippen molar-refractivity contribution in [2.24, 2.45) is 7.05 Å². The molecule has 8 heteroatoms. The zero-order valence-corrected chi connectivity index (χ0v) is 17.5. The Kier molecular flexibility index (Phi) is 6.33. The number of aromatic nitrogens is 3. The second-order valence-electron chi connectivity index (χ2n) is 6.99. The number of rotatable bonds is 8. The molecular formula is C21H27N5O3. The molecule has 0 saturated carbocycles. The van der Waals surface area contributed by atoms with Crippen molar-refractivity contribution < 1.29 is 14.3 Å². The fraction of sp³-hybridized carbons (Fsp3) is 0.381. The maximum atomic E-state index is 12.0. The van der Waals surface area contributed by atoms with Crippen LogP contribution in [0.3, 0.4) is 0 Å². The molecule has 154 valence electrons. The van der Waals surface area contributed by atoms with Gasteiger partial charge in [0.2, 0.25) is 11.9 Å². The lowest BCUT2D eigenvalue weighted by Crippen LogP contribution is -2.24. The Morgan fingerprint density at radius 1 is 1.28 bits per heavy atom. The van der Waals surface area contributed by atoms with Gasteiger partial charge in [-0.3, -0.25) is 4.79 Å². The molecule has 1 amide bonds. The van der Waals surface area contributed by atoms with Crippen LogP contribution in [-0.4, -0.2) is 55.4 Å². The molecule has 3 aromatic rings. The number of hydrogen-bond donors (Lipinski definition) is 1. The van der Waals surface area contributed by atoms with Crippen LogP contribution < -0.4 is 15.0 Å². The van der Waals surface area contributed by atoms with Crippen LogP contribution in [0.2, 0.25) is 0 Å². The summed E-state index contributed by atoms with van der Waals surface area (Å²) in [4.78, 5) is 23.1. The summed E-state index contributed by atoms with van der Waals surface area (Å²) in [5.41, 5.74) is 3.67. The quantitative estimate of drug-likeness (QED) is 0.628. The monoisotopic (exact) mass is 397 g/mol. The largest absolute Gasteiger partial charge is 0.497 e. The number of nitrogens with zero attached hydrogens (tertiary/aromatic N) is 4. The van der Waals surface area contributed by atoms with Gasteiger partial charge in [0.1, 0.15) is 5.75 Å². The summed E-state index contributed by atoms with van der Waals surface area (Å²) in [7, 11) is 9.03. The van der Waals surface area contributed by atoms with Crippen molar-refractivity contribution in [1.82, 2.24) is 19.9 Å². The van der Waals surface area contributed by atoms with E-state index < -0.39 is 0 Å². The average Bonchev–Trinajstić information content (AvgIpc) is 3.06. The van der Waals surface area contributed by atoms with E-state index in [-0.39, 0.29) is 5.91 Å². The number of benzene rings is 1. The molecule has 8 nitrogen and oxygen atoms in total. The van der Waals surface area contributed by atoms with Gasteiger partial charge in [0.05, 0.1) is 19.4 Å². The summed E-state index contributed by atoms with van der Waals surface area (Å²) < 4.78 is 12.4. The molecule has 1 N–H and O–H groups in total. The Balaban J connectivity index is 2.06. The van der Waals surface area contributed by atoms with E-state index in [0.29, 0.717) is 25.5 Å². The minimum Gasteiger partial charge on any atom is -0.497 e. The molecule has 0 aliphatic rings. The molecule has 0 bridgehead atoms. The van der Waals surface area contributed by atoms with Crippen molar-refractivity contribution >= 4 is 22.8 Å². The molecule has 0 aliphatic heterocycles. The topological polar surface area (TPSA) is 81.5 Å². The predicted molar refractivity (Wildman–Crippen MR) is 113 cm³/mol. The third kappa shape index (κ3) is 4.48. The third-order valence-corrected chi connectivity index (χ3v) is 4.71. The summed E-state index contributed by atoms with van der Waals surface area (Å²) in [6.07, 6.45) is 4.13. The first-order valence-electron chi connectivity index (χ1n) is 9.37. The van der Waals surface area contributed by atoms with Crippen molar-refractivity contribution in [3.8, 4) is 17.0 Å². The van der Waals surface area contributed by atoms with Gasteiger partial charge in [-0.25, -0.2) is 9.97 Å². The fourth-order valence-electron chi connectivity index (χ4n) is 3.14. The second-order valence-corrected chi connectivity index (χ2v) is 6.99. The lowest BCUT2D eigenvalue weighted by atomic mass is 10.1. The first-order valence-corrected chi connectivity index (χ1v) is 9.37. The number of amides is 1.